The Morgan fingerprint density at radius 1 is 1.17 bits per heavy atom. The van der Waals surface area contributed by atoms with Crippen LogP contribution in [0.1, 0.15) is 64.7 Å². The number of nitrogens with one attached hydrogen (secondary N) is 2. The van der Waals surface area contributed by atoms with E-state index in [1.54, 1.807) is 0 Å². The van der Waals surface area contributed by atoms with Crippen molar-refractivity contribution >= 4 is 18.3 Å². The van der Waals surface area contributed by atoms with E-state index in [4.69, 9.17) is 4.74 Å². The van der Waals surface area contributed by atoms with Crippen molar-refractivity contribution in [3.05, 3.63) is 0 Å². The number of carbonyl (C=O) groups is 1. The zero-order valence-corrected chi connectivity index (χ0v) is 15.6. The number of aliphatic hydroxyl groups excluding tert-OH is 1. The molecule has 3 fully saturated rings. The Hall–Kier alpha value is -0.360. The van der Waals surface area contributed by atoms with Gasteiger partial charge in [0.2, 0.25) is 5.91 Å². The summed E-state index contributed by atoms with van der Waals surface area (Å²) in [5, 5.41) is 17.1. The SMILES string of the molecule is C[C@]1(NC(=O)C2CCCCCC2)CC2(CCNCC2)OC[C@@H]1O.Cl. The molecule has 5 nitrogen and oxygen atoms in total. The molecule has 2 heterocycles. The lowest BCUT2D eigenvalue weighted by Crippen LogP contribution is -2.66. The molecule has 0 aromatic heterocycles. The van der Waals surface area contributed by atoms with E-state index in [9.17, 15) is 9.90 Å². The third-order valence-corrected chi connectivity index (χ3v) is 6.12. The Bertz CT molecular complexity index is 420. The molecular formula is C18H33ClN2O3. The standard InChI is InChI=1S/C18H32N2O3.ClH/c1-17(20-16(22)14-6-4-2-3-5-7-14)13-18(23-12-15(17)21)8-10-19-11-9-18;/h14-15,19,21H,2-13H2,1H3,(H,20,22);1H/t15-,17-;/m0./s1. The van der Waals surface area contributed by atoms with Crippen LogP contribution in [0.4, 0.5) is 0 Å². The zero-order valence-electron chi connectivity index (χ0n) is 14.8. The first-order valence-electron chi connectivity index (χ1n) is 9.38. The number of aliphatic hydroxyl groups is 1. The Morgan fingerprint density at radius 2 is 1.79 bits per heavy atom. The highest BCUT2D eigenvalue weighted by atomic mass is 35.5. The molecule has 1 amide bonds. The minimum atomic E-state index is -0.627. The number of carbonyl (C=O) groups excluding carboxylic acids is 1. The van der Waals surface area contributed by atoms with Crippen molar-refractivity contribution in [2.45, 2.75) is 82.0 Å². The van der Waals surface area contributed by atoms with E-state index in [2.05, 4.69) is 10.6 Å². The highest BCUT2D eigenvalue weighted by Gasteiger charge is 2.49. The van der Waals surface area contributed by atoms with Crippen molar-refractivity contribution in [3.63, 3.8) is 0 Å². The summed E-state index contributed by atoms with van der Waals surface area (Å²) in [7, 11) is 0. The number of hydrogen-bond acceptors (Lipinski definition) is 4. The molecule has 3 aliphatic rings. The zero-order chi connectivity index (χ0) is 16.3. The first kappa shape index (κ1) is 20.0. The Morgan fingerprint density at radius 3 is 2.42 bits per heavy atom. The average molecular weight is 361 g/mol. The highest BCUT2D eigenvalue weighted by Crippen LogP contribution is 2.38. The summed E-state index contributed by atoms with van der Waals surface area (Å²) in [5.74, 6) is 0.257. The van der Waals surface area contributed by atoms with Gasteiger partial charge in [0.25, 0.3) is 0 Å². The molecule has 0 aromatic rings. The first-order chi connectivity index (χ1) is 11.0. The fourth-order valence-electron chi connectivity index (χ4n) is 4.53. The largest absolute Gasteiger partial charge is 0.388 e. The number of hydrogen-bond donors (Lipinski definition) is 3. The van der Waals surface area contributed by atoms with Crippen molar-refractivity contribution in [3.8, 4) is 0 Å². The van der Waals surface area contributed by atoms with E-state index in [1.807, 2.05) is 6.92 Å². The maximum atomic E-state index is 12.8. The molecule has 2 aliphatic heterocycles. The molecule has 24 heavy (non-hydrogen) atoms. The minimum Gasteiger partial charge on any atom is -0.388 e. The molecule has 0 aromatic carbocycles. The van der Waals surface area contributed by atoms with Crippen molar-refractivity contribution in [2.75, 3.05) is 19.7 Å². The molecule has 3 rings (SSSR count). The van der Waals surface area contributed by atoms with Gasteiger partial charge in [-0.1, -0.05) is 25.7 Å². The smallest absolute Gasteiger partial charge is 0.223 e. The number of rotatable bonds is 2. The van der Waals surface area contributed by atoms with Crippen LogP contribution in [0.2, 0.25) is 0 Å². The van der Waals surface area contributed by atoms with Gasteiger partial charge in [-0.2, -0.15) is 0 Å². The normalized spacial score (nSPS) is 34.2. The van der Waals surface area contributed by atoms with Crippen LogP contribution in [-0.4, -0.2) is 48.0 Å². The molecule has 1 saturated carbocycles. The van der Waals surface area contributed by atoms with Crippen LogP contribution in [0.3, 0.4) is 0 Å². The van der Waals surface area contributed by atoms with E-state index in [0.29, 0.717) is 13.0 Å². The van der Waals surface area contributed by atoms with E-state index in [0.717, 1.165) is 51.6 Å². The summed E-state index contributed by atoms with van der Waals surface area (Å²) >= 11 is 0. The number of halogens is 1. The van der Waals surface area contributed by atoms with E-state index < -0.39 is 11.6 Å². The second-order valence-electron chi connectivity index (χ2n) is 8.03. The lowest BCUT2D eigenvalue weighted by Gasteiger charge is -2.51. The van der Waals surface area contributed by atoms with E-state index in [-0.39, 0.29) is 29.8 Å². The van der Waals surface area contributed by atoms with Crippen LogP contribution < -0.4 is 10.6 Å². The van der Waals surface area contributed by atoms with Crippen LogP contribution in [0.25, 0.3) is 0 Å². The maximum absolute atomic E-state index is 12.8. The van der Waals surface area contributed by atoms with Gasteiger partial charge in [-0.25, -0.2) is 0 Å². The molecule has 140 valence electrons. The van der Waals surface area contributed by atoms with Gasteiger partial charge in [0.15, 0.2) is 0 Å². The van der Waals surface area contributed by atoms with Crippen LogP contribution in [0.15, 0.2) is 0 Å². The third kappa shape index (κ3) is 4.43. The Kier molecular flexibility index (Phi) is 6.94. The van der Waals surface area contributed by atoms with Gasteiger partial charge >= 0.3 is 0 Å². The van der Waals surface area contributed by atoms with Gasteiger partial charge in [0.05, 0.1) is 17.7 Å². The maximum Gasteiger partial charge on any atom is 0.223 e. The van der Waals surface area contributed by atoms with Gasteiger partial charge in [-0.3, -0.25) is 4.79 Å². The Labute approximate surface area is 151 Å². The molecule has 2 saturated heterocycles. The van der Waals surface area contributed by atoms with Crippen LogP contribution in [-0.2, 0) is 9.53 Å². The Balaban J connectivity index is 0.00000208. The quantitative estimate of drug-likeness (QED) is 0.660. The van der Waals surface area contributed by atoms with Crippen molar-refractivity contribution < 1.29 is 14.6 Å². The van der Waals surface area contributed by atoms with Gasteiger partial charge < -0.3 is 20.5 Å². The molecule has 0 bridgehead atoms. The third-order valence-electron chi connectivity index (χ3n) is 6.12. The van der Waals surface area contributed by atoms with Crippen LogP contribution in [0.5, 0.6) is 0 Å². The molecule has 2 atom stereocenters. The summed E-state index contributed by atoms with van der Waals surface area (Å²) in [6.07, 6.45) is 8.75. The average Bonchev–Trinajstić information content (AvgIpc) is 2.81. The van der Waals surface area contributed by atoms with Gasteiger partial charge in [-0.15, -0.1) is 12.4 Å². The first-order valence-corrected chi connectivity index (χ1v) is 9.38. The summed E-state index contributed by atoms with van der Waals surface area (Å²) in [5.41, 5.74) is -0.755. The van der Waals surface area contributed by atoms with E-state index in [1.165, 1.54) is 12.8 Å². The fraction of sp³-hybridized carbons (Fsp3) is 0.944. The van der Waals surface area contributed by atoms with Crippen LogP contribution in [0, 0.1) is 5.92 Å². The second-order valence-corrected chi connectivity index (χ2v) is 8.03. The second kappa shape index (κ2) is 8.35. The fourth-order valence-corrected chi connectivity index (χ4v) is 4.53. The number of ether oxygens (including phenoxy) is 1. The van der Waals surface area contributed by atoms with Crippen molar-refractivity contribution in [1.29, 1.82) is 0 Å². The molecule has 0 radical (unpaired) electrons. The number of piperidine rings is 1. The molecule has 0 unspecified atom stereocenters. The lowest BCUT2D eigenvalue weighted by atomic mass is 9.74. The summed E-state index contributed by atoms with van der Waals surface area (Å²) in [6, 6.07) is 0. The molecule has 6 heteroatoms. The summed E-state index contributed by atoms with van der Waals surface area (Å²) in [4.78, 5) is 12.8. The monoisotopic (exact) mass is 360 g/mol. The van der Waals surface area contributed by atoms with Crippen molar-refractivity contribution in [1.82, 2.24) is 10.6 Å². The van der Waals surface area contributed by atoms with Gasteiger partial charge in [-0.05, 0) is 45.7 Å². The van der Waals surface area contributed by atoms with Gasteiger partial charge in [0, 0.05) is 12.3 Å². The van der Waals surface area contributed by atoms with Crippen molar-refractivity contribution in [2.24, 2.45) is 5.92 Å². The minimum absolute atomic E-state index is 0. The predicted molar refractivity (Wildman–Crippen MR) is 96.4 cm³/mol. The molecule has 1 aliphatic carbocycles. The lowest BCUT2D eigenvalue weighted by molar-refractivity contribution is -0.175. The summed E-state index contributed by atoms with van der Waals surface area (Å²) in [6.45, 7) is 4.21. The van der Waals surface area contributed by atoms with Crippen LogP contribution >= 0.6 is 12.4 Å². The molecule has 1 spiro atoms. The topological polar surface area (TPSA) is 70.6 Å². The van der Waals surface area contributed by atoms with Gasteiger partial charge in [0.1, 0.15) is 6.10 Å². The van der Waals surface area contributed by atoms with E-state index >= 15 is 0 Å². The summed E-state index contributed by atoms with van der Waals surface area (Å²) < 4.78 is 6.02. The number of amides is 1. The highest BCUT2D eigenvalue weighted by molar-refractivity contribution is 5.85. The molecular weight excluding hydrogens is 328 g/mol. The predicted octanol–water partition coefficient (Wildman–Crippen LogP) is 2.16. The molecule has 3 N–H and O–H groups in total.